The molecular weight excluding hydrogens is 268 g/mol. The minimum Gasteiger partial charge on any atom is -0.494 e. The fraction of sp³-hybridized carbons (Fsp3) is 0.438. The van der Waals surface area contributed by atoms with Gasteiger partial charge in [0.25, 0.3) is 0 Å². The zero-order valence-corrected chi connectivity index (χ0v) is 13.1. The Kier molecular flexibility index (Phi) is 5.56. The van der Waals surface area contributed by atoms with Crippen LogP contribution in [-0.4, -0.2) is 17.6 Å². The van der Waals surface area contributed by atoms with Gasteiger partial charge >= 0.3 is 0 Å². The van der Waals surface area contributed by atoms with Crippen LogP contribution in [0.5, 0.6) is 5.75 Å². The first kappa shape index (κ1) is 15.0. The molecule has 0 aliphatic rings. The van der Waals surface area contributed by atoms with Crippen LogP contribution in [0.1, 0.15) is 43.8 Å². The zero-order chi connectivity index (χ0) is 14.4. The predicted octanol–water partition coefficient (Wildman–Crippen LogP) is 4.02. The molecule has 0 saturated carbocycles. The molecule has 1 aromatic carbocycles. The van der Waals surface area contributed by atoms with Crippen LogP contribution in [0.25, 0.3) is 0 Å². The zero-order valence-electron chi connectivity index (χ0n) is 12.3. The number of nitrogens with zero attached hydrogens (tertiary/aromatic N) is 1. The minimum absolute atomic E-state index is 0.148. The van der Waals surface area contributed by atoms with Crippen LogP contribution >= 0.6 is 11.3 Å². The second-order valence-corrected chi connectivity index (χ2v) is 5.97. The predicted molar refractivity (Wildman–Crippen MR) is 84.5 cm³/mol. The number of hydrogen-bond acceptors (Lipinski definition) is 4. The summed E-state index contributed by atoms with van der Waals surface area (Å²) < 4.78 is 5.63. The second kappa shape index (κ2) is 7.41. The first-order chi connectivity index (χ1) is 9.70. The monoisotopic (exact) mass is 290 g/mol. The van der Waals surface area contributed by atoms with Crippen LogP contribution in [0.4, 0.5) is 0 Å². The molecule has 20 heavy (non-hydrogen) atoms. The van der Waals surface area contributed by atoms with Crippen LogP contribution in [-0.2, 0) is 0 Å². The normalized spacial score (nSPS) is 12.6. The van der Waals surface area contributed by atoms with Crippen molar-refractivity contribution in [2.75, 3.05) is 6.61 Å². The highest BCUT2D eigenvalue weighted by Gasteiger charge is 2.17. The molecule has 0 amide bonds. The molecule has 4 heteroatoms. The lowest BCUT2D eigenvalue weighted by atomic mass is 10.1. The molecule has 2 aromatic rings. The van der Waals surface area contributed by atoms with Crippen LogP contribution in [0, 0.1) is 0 Å². The van der Waals surface area contributed by atoms with E-state index in [0.29, 0.717) is 6.04 Å². The third kappa shape index (κ3) is 4.05. The summed E-state index contributed by atoms with van der Waals surface area (Å²) in [6.45, 7) is 7.18. The Bertz CT molecular complexity index is 494. The van der Waals surface area contributed by atoms with Gasteiger partial charge in [0.05, 0.1) is 12.6 Å². The van der Waals surface area contributed by atoms with Gasteiger partial charge in [-0.05, 0) is 38.0 Å². The lowest BCUT2D eigenvalue weighted by Crippen LogP contribution is -2.28. The van der Waals surface area contributed by atoms with Crippen LogP contribution in [0.2, 0.25) is 0 Å². The maximum atomic E-state index is 5.63. The van der Waals surface area contributed by atoms with Crippen molar-refractivity contribution in [2.45, 2.75) is 39.3 Å². The number of thiazole rings is 1. The highest BCUT2D eigenvalue weighted by Crippen LogP contribution is 2.26. The van der Waals surface area contributed by atoms with Crippen LogP contribution in [0.15, 0.2) is 35.8 Å². The molecule has 0 aliphatic carbocycles. The van der Waals surface area contributed by atoms with E-state index >= 15 is 0 Å². The molecule has 1 N–H and O–H groups in total. The number of benzene rings is 1. The largest absolute Gasteiger partial charge is 0.494 e. The molecule has 1 aromatic heterocycles. The molecule has 2 rings (SSSR count). The van der Waals surface area contributed by atoms with E-state index < -0.39 is 0 Å². The average molecular weight is 290 g/mol. The molecule has 3 nitrogen and oxygen atoms in total. The van der Waals surface area contributed by atoms with Crippen molar-refractivity contribution in [1.29, 1.82) is 0 Å². The molecule has 108 valence electrons. The van der Waals surface area contributed by atoms with Crippen molar-refractivity contribution in [1.82, 2.24) is 10.3 Å². The van der Waals surface area contributed by atoms with Crippen LogP contribution < -0.4 is 10.1 Å². The van der Waals surface area contributed by atoms with Gasteiger partial charge in [-0.25, -0.2) is 4.98 Å². The van der Waals surface area contributed by atoms with E-state index in [1.54, 1.807) is 11.3 Å². The second-order valence-electron chi connectivity index (χ2n) is 5.04. The van der Waals surface area contributed by atoms with Gasteiger partial charge in [-0.15, -0.1) is 11.3 Å². The number of rotatable bonds is 7. The van der Waals surface area contributed by atoms with Gasteiger partial charge in [0.2, 0.25) is 0 Å². The van der Waals surface area contributed by atoms with E-state index in [-0.39, 0.29) is 6.04 Å². The van der Waals surface area contributed by atoms with Gasteiger partial charge in [0.15, 0.2) is 0 Å². The molecule has 1 heterocycles. The van der Waals surface area contributed by atoms with Gasteiger partial charge in [0.1, 0.15) is 10.8 Å². The van der Waals surface area contributed by atoms with Gasteiger partial charge in [-0.2, -0.15) is 0 Å². The quantitative estimate of drug-likeness (QED) is 0.836. The van der Waals surface area contributed by atoms with Crippen molar-refractivity contribution < 1.29 is 4.74 Å². The topological polar surface area (TPSA) is 34.1 Å². The third-order valence-electron chi connectivity index (χ3n) is 2.88. The molecule has 1 unspecified atom stereocenters. The van der Waals surface area contributed by atoms with E-state index in [9.17, 15) is 0 Å². The summed E-state index contributed by atoms with van der Waals surface area (Å²) in [7, 11) is 0. The van der Waals surface area contributed by atoms with E-state index in [0.717, 1.165) is 23.8 Å². The summed E-state index contributed by atoms with van der Waals surface area (Å²) in [5, 5.41) is 6.68. The van der Waals surface area contributed by atoms with Crippen molar-refractivity contribution in [3.8, 4) is 5.75 Å². The number of hydrogen-bond donors (Lipinski definition) is 1. The Morgan fingerprint density at radius 1 is 1.25 bits per heavy atom. The van der Waals surface area contributed by atoms with Crippen molar-refractivity contribution in [3.05, 3.63) is 46.4 Å². The Hall–Kier alpha value is -1.39. The van der Waals surface area contributed by atoms with E-state index in [2.05, 4.69) is 43.2 Å². The molecule has 0 aliphatic heterocycles. The first-order valence-corrected chi connectivity index (χ1v) is 7.97. The number of nitrogens with one attached hydrogen (secondary N) is 1. The molecule has 1 atom stereocenters. The summed E-state index contributed by atoms with van der Waals surface area (Å²) in [4.78, 5) is 4.44. The fourth-order valence-corrected chi connectivity index (χ4v) is 2.72. The SMILES string of the molecule is CCCOc1ccc(C(NC(C)C)c2nccs2)cc1. The first-order valence-electron chi connectivity index (χ1n) is 7.09. The highest BCUT2D eigenvalue weighted by atomic mass is 32.1. The smallest absolute Gasteiger partial charge is 0.119 e. The summed E-state index contributed by atoms with van der Waals surface area (Å²) in [5.41, 5.74) is 1.22. The Morgan fingerprint density at radius 3 is 2.55 bits per heavy atom. The lowest BCUT2D eigenvalue weighted by Gasteiger charge is -2.20. The van der Waals surface area contributed by atoms with Gasteiger partial charge < -0.3 is 10.1 Å². The van der Waals surface area contributed by atoms with E-state index in [1.807, 2.05) is 23.7 Å². The lowest BCUT2D eigenvalue weighted by molar-refractivity contribution is 0.317. The van der Waals surface area contributed by atoms with Crippen molar-refractivity contribution >= 4 is 11.3 Å². The molecule has 0 bridgehead atoms. The Labute approximate surface area is 125 Å². The molecule has 0 spiro atoms. The highest BCUT2D eigenvalue weighted by molar-refractivity contribution is 7.09. The van der Waals surface area contributed by atoms with Gasteiger partial charge in [0, 0.05) is 17.6 Å². The van der Waals surface area contributed by atoms with Gasteiger partial charge in [-0.3, -0.25) is 0 Å². The molecule has 0 saturated heterocycles. The third-order valence-corrected chi connectivity index (χ3v) is 3.73. The maximum absolute atomic E-state index is 5.63. The molecule has 0 radical (unpaired) electrons. The summed E-state index contributed by atoms with van der Waals surface area (Å²) in [5.74, 6) is 0.929. The van der Waals surface area contributed by atoms with Crippen molar-refractivity contribution in [2.24, 2.45) is 0 Å². The summed E-state index contributed by atoms with van der Waals surface area (Å²) in [6, 6.07) is 8.86. The molecular formula is C16H22N2OS. The average Bonchev–Trinajstić information content (AvgIpc) is 2.97. The minimum atomic E-state index is 0.148. The van der Waals surface area contributed by atoms with E-state index in [4.69, 9.17) is 4.74 Å². The number of aromatic nitrogens is 1. The standard InChI is InChI=1S/C16H22N2OS/c1-4-10-19-14-7-5-13(6-8-14)15(18-12(2)3)16-17-9-11-20-16/h5-9,11-12,15,18H,4,10H2,1-3H3. The van der Waals surface area contributed by atoms with Crippen molar-refractivity contribution in [3.63, 3.8) is 0 Å². The van der Waals surface area contributed by atoms with Gasteiger partial charge in [-0.1, -0.05) is 19.1 Å². The summed E-state index contributed by atoms with van der Waals surface area (Å²) in [6.07, 6.45) is 2.88. The van der Waals surface area contributed by atoms with E-state index in [1.165, 1.54) is 5.56 Å². The number of ether oxygens (including phenoxy) is 1. The Morgan fingerprint density at radius 2 is 2.00 bits per heavy atom. The summed E-state index contributed by atoms with van der Waals surface area (Å²) >= 11 is 1.68. The maximum Gasteiger partial charge on any atom is 0.119 e. The molecule has 0 fully saturated rings. The fourth-order valence-electron chi connectivity index (χ4n) is 2.00. The van der Waals surface area contributed by atoms with Crippen LogP contribution in [0.3, 0.4) is 0 Å². The Balaban J connectivity index is 2.16.